The average molecular weight is 461 g/mol. The van der Waals surface area contributed by atoms with Gasteiger partial charge in [0, 0.05) is 20.1 Å². The second-order valence-corrected chi connectivity index (χ2v) is 8.15. The lowest BCUT2D eigenvalue weighted by Crippen LogP contribution is -2.39. The Morgan fingerprint density at radius 3 is 2.73 bits per heavy atom. The summed E-state index contributed by atoms with van der Waals surface area (Å²) in [6.07, 6.45) is 11.5. The summed E-state index contributed by atoms with van der Waals surface area (Å²) in [7, 11) is 1.70. The molecule has 0 aliphatic carbocycles. The van der Waals surface area contributed by atoms with Gasteiger partial charge in [0.1, 0.15) is 5.69 Å². The Morgan fingerprint density at radius 1 is 1.33 bits per heavy atom. The maximum atomic E-state index is 11.6. The average Bonchev–Trinajstić information content (AvgIpc) is 3.33. The van der Waals surface area contributed by atoms with E-state index in [0.29, 0.717) is 24.4 Å². The summed E-state index contributed by atoms with van der Waals surface area (Å²) in [4.78, 5) is 24.3. The van der Waals surface area contributed by atoms with E-state index >= 15 is 0 Å². The number of rotatable bonds is 15. The van der Waals surface area contributed by atoms with Crippen molar-refractivity contribution < 1.29 is 14.6 Å². The first-order valence-electron chi connectivity index (χ1n) is 12.0. The van der Waals surface area contributed by atoms with Crippen LogP contribution in [0.3, 0.4) is 0 Å². The molecule has 1 unspecified atom stereocenters. The maximum absolute atomic E-state index is 11.6. The number of nitrogens with one attached hydrogen (secondary N) is 1. The summed E-state index contributed by atoms with van der Waals surface area (Å²) in [5, 5.41) is 13.6. The largest absolute Gasteiger partial charge is 0.463 e. The molecule has 1 aliphatic rings. The first kappa shape index (κ1) is 26.6. The zero-order valence-corrected chi connectivity index (χ0v) is 20.3. The van der Waals surface area contributed by atoms with Gasteiger partial charge in [-0.15, -0.1) is 0 Å². The van der Waals surface area contributed by atoms with Crippen LogP contribution in [0.1, 0.15) is 52.4 Å². The molecule has 0 aromatic carbocycles. The molecule has 0 amide bonds. The number of carbonyl (C=O) groups is 1. The van der Waals surface area contributed by atoms with Crippen molar-refractivity contribution >= 4 is 23.6 Å². The Labute approximate surface area is 197 Å². The van der Waals surface area contributed by atoms with Crippen LogP contribution >= 0.6 is 0 Å². The Hall–Kier alpha value is -2.65. The Kier molecular flexibility index (Phi) is 11.7. The summed E-state index contributed by atoms with van der Waals surface area (Å²) >= 11 is 0. The molecule has 9 nitrogen and oxygen atoms in total. The van der Waals surface area contributed by atoms with E-state index in [4.69, 9.17) is 10.5 Å². The van der Waals surface area contributed by atoms with E-state index in [9.17, 15) is 9.90 Å². The lowest BCUT2D eigenvalue weighted by atomic mass is 10.1. The molecular weight excluding hydrogens is 420 g/mol. The summed E-state index contributed by atoms with van der Waals surface area (Å²) < 4.78 is 5.66. The molecule has 1 saturated heterocycles. The molecule has 0 spiro atoms. The van der Waals surface area contributed by atoms with Crippen LogP contribution in [-0.4, -0.2) is 72.3 Å². The normalized spacial score (nSPS) is 15.7. The summed E-state index contributed by atoms with van der Waals surface area (Å²) in [5.74, 6) is 0.521. The van der Waals surface area contributed by atoms with Gasteiger partial charge in [-0.3, -0.25) is 4.79 Å². The number of hydrogen-bond acceptors (Lipinski definition) is 9. The fraction of sp³-hybridized carbons (Fsp3) is 0.625. The minimum atomic E-state index is -1.40. The molecule has 1 fully saturated rings. The number of ether oxygens (including phenoxy) is 1. The van der Waals surface area contributed by atoms with Crippen molar-refractivity contribution in [1.29, 1.82) is 0 Å². The quantitative estimate of drug-likeness (QED) is 0.157. The highest BCUT2D eigenvalue weighted by atomic mass is 16.5. The second kappa shape index (κ2) is 14.5. The van der Waals surface area contributed by atoms with Gasteiger partial charge in [-0.05, 0) is 50.8 Å². The summed E-state index contributed by atoms with van der Waals surface area (Å²) in [6.45, 7) is 8.18. The Bertz CT molecular complexity index is 793. The number of nitrogen functional groups attached to an aromatic ring is 1. The van der Waals surface area contributed by atoms with Crippen molar-refractivity contribution in [2.24, 2.45) is 0 Å². The summed E-state index contributed by atoms with van der Waals surface area (Å²) in [5.41, 5.74) is 7.58. The van der Waals surface area contributed by atoms with Crippen molar-refractivity contribution in [1.82, 2.24) is 14.9 Å². The molecule has 2 heterocycles. The van der Waals surface area contributed by atoms with Gasteiger partial charge in [0.2, 0.25) is 0 Å². The number of unbranched alkanes of at least 4 members (excludes halogenated alkanes) is 1. The number of aliphatic hydroxyl groups is 1. The van der Waals surface area contributed by atoms with Crippen molar-refractivity contribution in [3.8, 4) is 6.01 Å². The van der Waals surface area contributed by atoms with Crippen LogP contribution in [0.2, 0.25) is 0 Å². The molecule has 33 heavy (non-hydrogen) atoms. The standard InChI is InChI=1S/C24H40N6O3/c1-4-6-11-19(12-10-15-29-13-8-9-14-29)17-30(20(32)18-31)23-21(26-3)22(25)27-24(28-23)33-16-7-5-2/h6,11-12,18,20,26,32H,4-5,7-10,13-17H2,1-3H3,(H2,25,27,28)/b11-6-,19-12+. The monoisotopic (exact) mass is 460 g/mol. The molecule has 2 rings (SSSR count). The van der Waals surface area contributed by atoms with Crippen molar-refractivity contribution in [3.05, 3.63) is 23.8 Å². The number of aromatic nitrogens is 2. The van der Waals surface area contributed by atoms with Gasteiger partial charge in [0.15, 0.2) is 24.1 Å². The molecule has 0 radical (unpaired) electrons. The number of likely N-dealkylation sites (tertiary alicyclic amines) is 1. The van der Waals surface area contributed by atoms with Crippen molar-refractivity contribution in [3.63, 3.8) is 0 Å². The van der Waals surface area contributed by atoms with Crippen LogP contribution in [0.5, 0.6) is 6.01 Å². The molecule has 4 N–H and O–H groups in total. The fourth-order valence-corrected chi connectivity index (χ4v) is 3.72. The first-order valence-corrected chi connectivity index (χ1v) is 12.0. The zero-order chi connectivity index (χ0) is 24.1. The maximum Gasteiger partial charge on any atom is 0.320 e. The SMILES string of the molecule is CC/C=C\C(=C/CCN1CCCC1)CN(c1nc(OCCCC)nc(N)c1NC)C(O)C=O. The lowest BCUT2D eigenvalue weighted by Gasteiger charge is -2.28. The van der Waals surface area contributed by atoms with Crippen molar-refractivity contribution in [2.75, 3.05) is 55.8 Å². The lowest BCUT2D eigenvalue weighted by molar-refractivity contribution is -0.114. The third-order valence-corrected chi connectivity index (χ3v) is 5.56. The van der Waals surface area contributed by atoms with E-state index in [1.807, 2.05) is 6.08 Å². The van der Waals surface area contributed by atoms with Crippen LogP contribution < -0.4 is 20.7 Å². The van der Waals surface area contributed by atoms with Gasteiger partial charge >= 0.3 is 6.01 Å². The molecule has 0 saturated carbocycles. The Balaban J connectivity index is 2.33. The Morgan fingerprint density at radius 2 is 2.09 bits per heavy atom. The van der Waals surface area contributed by atoms with Crippen LogP contribution in [0.15, 0.2) is 23.8 Å². The topological polar surface area (TPSA) is 117 Å². The highest BCUT2D eigenvalue weighted by Crippen LogP contribution is 2.32. The van der Waals surface area contributed by atoms with Gasteiger partial charge in [-0.1, -0.05) is 38.5 Å². The van der Waals surface area contributed by atoms with Gasteiger partial charge in [0.05, 0.1) is 6.61 Å². The molecule has 1 aliphatic heterocycles. The van der Waals surface area contributed by atoms with Crippen LogP contribution in [0.4, 0.5) is 17.3 Å². The van der Waals surface area contributed by atoms with Crippen LogP contribution in [0.25, 0.3) is 0 Å². The van der Waals surface area contributed by atoms with E-state index in [1.54, 1.807) is 7.05 Å². The van der Waals surface area contributed by atoms with Crippen molar-refractivity contribution in [2.45, 2.75) is 58.6 Å². The van der Waals surface area contributed by atoms with E-state index in [0.717, 1.165) is 50.9 Å². The number of hydrogen-bond donors (Lipinski definition) is 3. The van der Waals surface area contributed by atoms with E-state index in [-0.39, 0.29) is 18.4 Å². The number of aliphatic hydroxyl groups excluding tert-OH is 1. The van der Waals surface area contributed by atoms with Crippen LogP contribution in [-0.2, 0) is 4.79 Å². The fourth-order valence-electron chi connectivity index (χ4n) is 3.72. The zero-order valence-electron chi connectivity index (χ0n) is 20.3. The number of allylic oxidation sites excluding steroid dienone is 1. The highest BCUT2D eigenvalue weighted by Gasteiger charge is 2.24. The molecule has 1 aromatic heterocycles. The molecule has 184 valence electrons. The predicted molar refractivity (Wildman–Crippen MR) is 134 cm³/mol. The van der Waals surface area contributed by atoms with E-state index in [2.05, 4.69) is 46.2 Å². The summed E-state index contributed by atoms with van der Waals surface area (Å²) in [6, 6.07) is 0.127. The number of carbonyl (C=O) groups excluding carboxylic acids is 1. The van der Waals surface area contributed by atoms with E-state index < -0.39 is 6.23 Å². The minimum Gasteiger partial charge on any atom is -0.463 e. The van der Waals surface area contributed by atoms with Crippen LogP contribution in [0, 0.1) is 0 Å². The molecule has 1 aromatic rings. The highest BCUT2D eigenvalue weighted by molar-refractivity contribution is 5.79. The van der Waals surface area contributed by atoms with E-state index in [1.165, 1.54) is 17.7 Å². The second-order valence-electron chi connectivity index (χ2n) is 8.15. The predicted octanol–water partition coefficient (Wildman–Crippen LogP) is 2.98. The molecular formula is C24H40N6O3. The molecule has 9 heteroatoms. The first-order chi connectivity index (χ1) is 16.0. The number of nitrogens with zero attached hydrogens (tertiary/aromatic N) is 4. The minimum absolute atomic E-state index is 0.127. The van der Waals surface area contributed by atoms with Gasteiger partial charge < -0.3 is 30.7 Å². The van der Waals surface area contributed by atoms with Gasteiger partial charge in [-0.2, -0.15) is 9.97 Å². The molecule has 1 atom stereocenters. The van der Waals surface area contributed by atoms with Gasteiger partial charge in [0.25, 0.3) is 0 Å². The molecule has 0 bridgehead atoms. The third kappa shape index (κ3) is 8.33. The number of anilines is 3. The smallest absolute Gasteiger partial charge is 0.320 e. The number of nitrogens with two attached hydrogens (primary N) is 1. The third-order valence-electron chi connectivity index (χ3n) is 5.56. The van der Waals surface area contributed by atoms with Gasteiger partial charge in [-0.25, -0.2) is 0 Å². The number of aldehydes is 1.